The lowest BCUT2D eigenvalue weighted by molar-refractivity contribution is 0.414. The summed E-state index contributed by atoms with van der Waals surface area (Å²) in [4.78, 5) is 4.56. The van der Waals surface area contributed by atoms with E-state index in [-0.39, 0.29) is 0 Å². The maximum absolute atomic E-state index is 6.32. The Balaban J connectivity index is 2.78. The van der Waals surface area contributed by atoms with E-state index in [0.717, 1.165) is 22.4 Å². The zero-order chi connectivity index (χ0) is 14.0. The van der Waals surface area contributed by atoms with Gasteiger partial charge in [-0.1, -0.05) is 17.2 Å². The highest BCUT2D eigenvalue weighted by Crippen LogP contribution is 2.36. The molecule has 0 fully saturated rings. The van der Waals surface area contributed by atoms with Crippen LogP contribution < -0.4 is 9.47 Å². The molecule has 0 bridgehead atoms. The molecule has 0 saturated heterocycles. The lowest BCUT2D eigenvalue weighted by atomic mass is 10.1. The number of hydrogen-bond acceptors (Lipinski definition) is 3. The molecule has 1 aromatic carbocycles. The van der Waals surface area contributed by atoms with Crippen LogP contribution in [0.3, 0.4) is 0 Å². The Morgan fingerprint density at radius 2 is 1.84 bits per heavy atom. The zero-order valence-electron chi connectivity index (χ0n) is 11.5. The number of benzene rings is 1. The second kappa shape index (κ2) is 5.49. The van der Waals surface area contributed by atoms with Gasteiger partial charge in [-0.2, -0.15) is 0 Å². The predicted octanol–water partition coefficient (Wildman–Crippen LogP) is 4.33. The van der Waals surface area contributed by atoms with E-state index >= 15 is 0 Å². The minimum Gasteiger partial charge on any atom is -0.496 e. The molecule has 0 aliphatic carbocycles. The van der Waals surface area contributed by atoms with Gasteiger partial charge in [0.05, 0.1) is 25.4 Å². The van der Waals surface area contributed by atoms with Gasteiger partial charge < -0.3 is 9.47 Å². The van der Waals surface area contributed by atoms with Crippen LogP contribution in [0.2, 0.25) is 5.02 Å². The highest BCUT2D eigenvalue weighted by molar-refractivity contribution is 6.36. The van der Waals surface area contributed by atoms with Crippen LogP contribution in [0.25, 0.3) is 17.0 Å². The van der Waals surface area contributed by atoms with Crippen molar-refractivity contribution in [2.45, 2.75) is 13.8 Å². The molecule has 0 aliphatic rings. The van der Waals surface area contributed by atoms with Gasteiger partial charge in [-0.3, -0.25) is 0 Å². The zero-order valence-corrected chi connectivity index (χ0v) is 12.2. The number of rotatable bonds is 3. The summed E-state index contributed by atoms with van der Waals surface area (Å²) < 4.78 is 10.6. The Labute approximate surface area is 117 Å². The van der Waals surface area contributed by atoms with Gasteiger partial charge in [0, 0.05) is 11.5 Å². The van der Waals surface area contributed by atoms with Crippen molar-refractivity contribution in [1.82, 2.24) is 4.98 Å². The predicted molar refractivity (Wildman–Crippen MR) is 79.2 cm³/mol. The minimum atomic E-state index is 0.502. The summed E-state index contributed by atoms with van der Waals surface area (Å²) in [6.07, 6.45) is 1.98. The molecule has 0 spiro atoms. The molecule has 0 atom stereocenters. The number of pyridine rings is 1. The Morgan fingerprint density at radius 1 is 1.16 bits per heavy atom. The van der Waals surface area contributed by atoms with Gasteiger partial charge in [-0.05, 0) is 32.1 Å². The Bertz CT molecular complexity index is 646. The van der Waals surface area contributed by atoms with Crippen molar-refractivity contribution >= 4 is 28.6 Å². The summed E-state index contributed by atoms with van der Waals surface area (Å²) in [7, 11) is 3.23. The van der Waals surface area contributed by atoms with E-state index in [1.54, 1.807) is 14.2 Å². The molecule has 2 rings (SSSR count). The molecule has 3 nitrogen and oxygen atoms in total. The average Bonchev–Trinajstić information content (AvgIpc) is 2.38. The topological polar surface area (TPSA) is 31.4 Å². The molecule has 0 saturated carbocycles. The van der Waals surface area contributed by atoms with Crippen molar-refractivity contribution in [3.05, 3.63) is 34.5 Å². The third kappa shape index (κ3) is 2.66. The quantitative estimate of drug-likeness (QED) is 0.837. The average molecular weight is 278 g/mol. The normalized spacial score (nSPS) is 10.4. The SMILES string of the molecule is COc1ccc2c(OC)cc(C=C(C)C)nc2c1Cl. The van der Waals surface area contributed by atoms with Gasteiger partial charge in [0.2, 0.25) is 0 Å². The molecule has 0 radical (unpaired) electrons. The molecule has 1 aromatic heterocycles. The molecule has 0 aliphatic heterocycles. The standard InChI is InChI=1S/C15H16ClNO2/c1-9(2)7-10-8-13(19-4)11-5-6-12(18-3)14(16)15(11)17-10/h5-8H,1-4H3. The number of allylic oxidation sites excluding steroid dienone is 1. The number of hydrogen-bond donors (Lipinski definition) is 0. The first kappa shape index (κ1) is 13.7. The molecule has 2 aromatic rings. The fourth-order valence-electron chi connectivity index (χ4n) is 1.92. The molecule has 0 unspecified atom stereocenters. The van der Waals surface area contributed by atoms with E-state index in [9.17, 15) is 0 Å². The van der Waals surface area contributed by atoms with Gasteiger partial charge >= 0.3 is 0 Å². The van der Waals surface area contributed by atoms with Crippen molar-refractivity contribution in [2.24, 2.45) is 0 Å². The highest BCUT2D eigenvalue weighted by Gasteiger charge is 2.12. The maximum atomic E-state index is 6.32. The highest BCUT2D eigenvalue weighted by atomic mass is 35.5. The summed E-state index contributed by atoms with van der Waals surface area (Å²) in [5.74, 6) is 1.36. The number of nitrogens with zero attached hydrogens (tertiary/aromatic N) is 1. The van der Waals surface area contributed by atoms with Gasteiger partial charge in [0.15, 0.2) is 0 Å². The van der Waals surface area contributed by atoms with Crippen LogP contribution >= 0.6 is 11.6 Å². The van der Waals surface area contributed by atoms with Crippen LogP contribution in [0.15, 0.2) is 23.8 Å². The van der Waals surface area contributed by atoms with Crippen LogP contribution in [-0.2, 0) is 0 Å². The van der Waals surface area contributed by atoms with Crippen molar-refractivity contribution in [1.29, 1.82) is 0 Å². The number of methoxy groups -OCH3 is 2. The van der Waals surface area contributed by atoms with E-state index in [1.807, 2.05) is 38.1 Å². The van der Waals surface area contributed by atoms with E-state index in [4.69, 9.17) is 21.1 Å². The lowest BCUT2D eigenvalue weighted by Crippen LogP contribution is -1.93. The molecule has 0 amide bonds. The van der Waals surface area contributed by atoms with Crippen LogP contribution in [-0.4, -0.2) is 19.2 Å². The molecule has 4 heteroatoms. The Hall–Kier alpha value is -1.74. The second-order valence-electron chi connectivity index (χ2n) is 4.45. The van der Waals surface area contributed by atoms with Crippen LogP contribution in [0.4, 0.5) is 0 Å². The molecular formula is C15H16ClNO2. The third-order valence-electron chi connectivity index (χ3n) is 2.74. The van der Waals surface area contributed by atoms with Gasteiger partial charge in [-0.15, -0.1) is 0 Å². The molecular weight excluding hydrogens is 262 g/mol. The lowest BCUT2D eigenvalue weighted by Gasteiger charge is -2.10. The Kier molecular flexibility index (Phi) is 3.96. The smallest absolute Gasteiger partial charge is 0.139 e. The second-order valence-corrected chi connectivity index (χ2v) is 4.83. The minimum absolute atomic E-state index is 0.502. The van der Waals surface area contributed by atoms with Gasteiger partial charge in [0.25, 0.3) is 0 Å². The summed E-state index contributed by atoms with van der Waals surface area (Å²) in [6, 6.07) is 5.62. The van der Waals surface area contributed by atoms with Gasteiger partial charge in [-0.25, -0.2) is 4.98 Å². The molecule has 100 valence electrons. The van der Waals surface area contributed by atoms with Crippen molar-refractivity contribution in [2.75, 3.05) is 14.2 Å². The van der Waals surface area contributed by atoms with Crippen molar-refractivity contribution < 1.29 is 9.47 Å². The first-order valence-electron chi connectivity index (χ1n) is 5.93. The van der Waals surface area contributed by atoms with Crippen molar-refractivity contribution in [3.8, 4) is 11.5 Å². The van der Waals surface area contributed by atoms with Crippen LogP contribution in [0.1, 0.15) is 19.5 Å². The molecule has 19 heavy (non-hydrogen) atoms. The third-order valence-corrected chi connectivity index (χ3v) is 3.11. The number of ether oxygens (including phenoxy) is 2. The Morgan fingerprint density at radius 3 is 2.42 bits per heavy atom. The van der Waals surface area contributed by atoms with Gasteiger partial charge in [0.1, 0.15) is 16.5 Å². The number of aromatic nitrogens is 1. The van der Waals surface area contributed by atoms with Crippen LogP contribution in [0.5, 0.6) is 11.5 Å². The monoisotopic (exact) mass is 277 g/mol. The number of halogens is 1. The number of fused-ring (bicyclic) bond motifs is 1. The van der Waals surface area contributed by atoms with E-state index < -0.39 is 0 Å². The largest absolute Gasteiger partial charge is 0.496 e. The molecule has 0 N–H and O–H groups in total. The summed E-state index contributed by atoms with van der Waals surface area (Å²) in [5.41, 5.74) is 2.67. The van der Waals surface area contributed by atoms with E-state index in [1.165, 1.54) is 0 Å². The fourth-order valence-corrected chi connectivity index (χ4v) is 2.21. The maximum Gasteiger partial charge on any atom is 0.139 e. The van der Waals surface area contributed by atoms with E-state index in [2.05, 4.69) is 4.98 Å². The first-order chi connectivity index (χ1) is 9.06. The molecule has 1 heterocycles. The summed E-state index contributed by atoms with van der Waals surface area (Å²) >= 11 is 6.32. The summed E-state index contributed by atoms with van der Waals surface area (Å²) in [5, 5.41) is 1.38. The van der Waals surface area contributed by atoms with Crippen LogP contribution in [0, 0.1) is 0 Å². The fraction of sp³-hybridized carbons (Fsp3) is 0.267. The summed E-state index contributed by atoms with van der Waals surface area (Å²) in [6.45, 7) is 4.04. The van der Waals surface area contributed by atoms with E-state index in [0.29, 0.717) is 16.3 Å². The van der Waals surface area contributed by atoms with Crippen molar-refractivity contribution in [3.63, 3.8) is 0 Å². The first-order valence-corrected chi connectivity index (χ1v) is 6.30.